The molecule has 0 N–H and O–H groups in total. The van der Waals surface area contributed by atoms with Crippen LogP contribution in [0.25, 0.3) is 5.57 Å². The number of aromatic nitrogens is 2. The Bertz CT molecular complexity index is 952. The number of para-hydroxylation sites is 1. The minimum atomic E-state index is -0.714. The maximum Gasteiger partial charge on any atom is 0.315 e. The van der Waals surface area contributed by atoms with Gasteiger partial charge in [-0.3, -0.25) is 9.79 Å². The molecule has 0 saturated carbocycles. The van der Waals surface area contributed by atoms with Crippen molar-refractivity contribution in [2.24, 2.45) is 10.9 Å². The van der Waals surface area contributed by atoms with Gasteiger partial charge in [0.05, 0.1) is 20.8 Å². The first kappa shape index (κ1) is 21.5. The van der Waals surface area contributed by atoms with E-state index < -0.39 is 17.8 Å². The standard InChI is InChI=1S/C21H25N3O6/c1-12-16(20-24-22-11-30-20)18(14-7-6-8-15(27-4)19(14)28-5)17(13(2)23-12)21(25)29-10-9-26-3/h6-8,11,17-18H,9-10H2,1-5H3. The Labute approximate surface area is 174 Å². The SMILES string of the molecule is COCCOC(=O)C1C(C)=NC(C)=C(c2nnco2)C1c1cccc(OC)c1OC. The fourth-order valence-corrected chi connectivity index (χ4v) is 3.72. The summed E-state index contributed by atoms with van der Waals surface area (Å²) < 4.78 is 27.1. The van der Waals surface area contributed by atoms with Crippen LogP contribution in [0.4, 0.5) is 0 Å². The first-order valence-electron chi connectivity index (χ1n) is 9.42. The van der Waals surface area contributed by atoms with Crippen LogP contribution in [-0.2, 0) is 14.3 Å². The number of rotatable bonds is 8. The normalized spacial score (nSPS) is 18.8. The molecular weight excluding hydrogens is 390 g/mol. The van der Waals surface area contributed by atoms with E-state index in [4.69, 9.17) is 23.4 Å². The zero-order valence-electron chi connectivity index (χ0n) is 17.7. The van der Waals surface area contributed by atoms with Crippen molar-refractivity contribution in [3.63, 3.8) is 0 Å². The quantitative estimate of drug-likeness (QED) is 0.479. The predicted octanol–water partition coefficient (Wildman–Crippen LogP) is 2.88. The Morgan fingerprint density at radius 2 is 1.93 bits per heavy atom. The molecule has 1 aliphatic heterocycles. The Balaban J connectivity index is 2.18. The Morgan fingerprint density at radius 3 is 2.57 bits per heavy atom. The van der Waals surface area contributed by atoms with Crippen LogP contribution in [0.1, 0.15) is 31.2 Å². The molecule has 9 nitrogen and oxygen atoms in total. The average Bonchev–Trinajstić information content (AvgIpc) is 3.26. The van der Waals surface area contributed by atoms with E-state index in [1.165, 1.54) is 6.39 Å². The second kappa shape index (κ2) is 9.53. The molecule has 2 heterocycles. The highest BCUT2D eigenvalue weighted by atomic mass is 16.6. The minimum Gasteiger partial charge on any atom is -0.493 e. The lowest BCUT2D eigenvalue weighted by Crippen LogP contribution is -2.34. The van der Waals surface area contributed by atoms with Crippen molar-refractivity contribution < 1.29 is 28.2 Å². The average molecular weight is 415 g/mol. The largest absolute Gasteiger partial charge is 0.493 e. The van der Waals surface area contributed by atoms with Crippen LogP contribution in [-0.4, -0.2) is 56.4 Å². The van der Waals surface area contributed by atoms with Crippen LogP contribution in [0.2, 0.25) is 0 Å². The zero-order valence-corrected chi connectivity index (χ0v) is 17.7. The van der Waals surface area contributed by atoms with Gasteiger partial charge < -0.3 is 23.4 Å². The topological polar surface area (TPSA) is 105 Å². The van der Waals surface area contributed by atoms with Gasteiger partial charge >= 0.3 is 5.97 Å². The van der Waals surface area contributed by atoms with Gasteiger partial charge in [-0.2, -0.15) is 0 Å². The smallest absolute Gasteiger partial charge is 0.315 e. The van der Waals surface area contributed by atoms with Crippen molar-refractivity contribution in [3.05, 3.63) is 41.7 Å². The third-order valence-electron chi connectivity index (χ3n) is 4.97. The molecule has 2 aromatic rings. The molecule has 9 heteroatoms. The highest BCUT2D eigenvalue weighted by molar-refractivity contribution is 6.06. The van der Waals surface area contributed by atoms with Crippen LogP contribution in [0, 0.1) is 5.92 Å². The van der Waals surface area contributed by atoms with Crippen LogP contribution in [0.5, 0.6) is 11.5 Å². The van der Waals surface area contributed by atoms with Crippen LogP contribution in [0.3, 0.4) is 0 Å². The van der Waals surface area contributed by atoms with E-state index in [1.807, 2.05) is 19.1 Å². The van der Waals surface area contributed by atoms with E-state index in [-0.39, 0.29) is 12.5 Å². The summed E-state index contributed by atoms with van der Waals surface area (Å²) in [5, 5.41) is 7.87. The monoisotopic (exact) mass is 415 g/mol. The lowest BCUT2D eigenvalue weighted by Gasteiger charge is -2.32. The summed E-state index contributed by atoms with van der Waals surface area (Å²) in [5.41, 5.74) is 2.66. The van der Waals surface area contributed by atoms with Crippen LogP contribution in [0.15, 0.2) is 39.7 Å². The molecule has 0 radical (unpaired) electrons. The first-order valence-corrected chi connectivity index (χ1v) is 9.42. The van der Waals surface area contributed by atoms with Crippen molar-refractivity contribution in [2.75, 3.05) is 34.5 Å². The number of ether oxygens (including phenoxy) is 4. The molecule has 0 aliphatic carbocycles. The molecule has 0 bridgehead atoms. The van der Waals surface area contributed by atoms with E-state index in [0.29, 0.717) is 35.1 Å². The van der Waals surface area contributed by atoms with Crippen molar-refractivity contribution in [2.45, 2.75) is 19.8 Å². The predicted molar refractivity (Wildman–Crippen MR) is 109 cm³/mol. The number of benzene rings is 1. The van der Waals surface area contributed by atoms with Gasteiger partial charge in [-0.15, -0.1) is 10.2 Å². The number of hydrogen-bond acceptors (Lipinski definition) is 9. The fraction of sp³-hybridized carbons (Fsp3) is 0.429. The van der Waals surface area contributed by atoms with E-state index in [1.54, 1.807) is 34.3 Å². The minimum absolute atomic E-state index is 0.139. The van der Waals surface area contributed by atoms with Crippen molar-refractivity contribution in [1.82, 2.24) is 10.2 Å². The summed E-state index contributed by atoms with van der Waals surface area (Å²) in [6.07, 6.45) is 1.24. The summed E-state index contributed by atoms with van der Waals surface area (Å²) in [6.45, 7) is 4.08. The molecule has 0 amide bonds. The van der Waals surface area contributed by atoms with Gasteiger partial charge in [-0.1, -0.05) is 12.1 Å². The molecule has 2 atom stereocenters. The molecule has 30 heavy (non-hydrogen) atoms. The molecule has 0 saturated heterocycles. The lowest BCUT2D eigenvalue weighted by atomic mass is 9.75. The fourth-order valence-electron chi connectivity index (χ4n) is 3.72. The summed E-state index contributed by atoms with van der Waals surface area (Å²) in [7, 11) is 4.66. The summed E-state index contributed by atoms with van der Waals surface area (Å²) in [5.74, 6) is -0.319. The third kappa shape index (κ3) is 4.06. The number of esters is 1. The maximum atomic E-state index is 13.1. The van der Waals surface area contributed by atoms with Crippen molar-refractivity contribution in [3.8, 4) is 11.5 Å². The molecule has 160 valence electrons. The highest BCUT2D eigenvalue weighted by Crippen LogP contribution is 2.48. The lowest BCUT2D eigenvalue weighted by molar-refractivity contribution is -0.147. The van der Waals surface area contributed by atoms with Gasteiger partial charge in [0.15, 0.2) is 11.5 Å². The van der Waals surface area contributed by atoms with E-state index in [9.17, 15) is 4.79 Å². The molecular formula is C21H25N3O6. The molecule has 1 aliphatic rings. The van der Waals surface area contributed by atoms with Gasteiger partial charge in [-0.25, -0.2) is 0 Å². The highest BCUT2D eigenvalue weighted by Gasteiger charge is 2.43. The van der Waals surface area contributed by atoms with Crippen LogP contribution >= 0.6 is 0 Å². The Hall–Kier alpha value is -3.20. The van der Waals surface area contributed by atoms with Crippen molar-refractivity contribution in [1.29, 1.82) is 0 Å². The number of carbonyl (C=O) groups is 1. The molecule has 0 fully saturated rings. The Morgan fingerprint density at radius 1 is 1.13 bits per heavy atom. The summed E-state index contributed by atoms with van der Waals surface area (Å²) in [6, 6.07) is 5.51. The summed E-state index contributed by atoms with van der Waals surface area (Å²) in [4.78, 5) is 17.7. The van der Waals surface area contributed by atoms with Gasteiger partial charge in [0.2, 0.25) is 12.3 Å². The molecule has 0 spiro atoms. The van der Waals surface area contributed by atoms with Gasteiger partial charge in [-0.05, 0) is 19.9 Å². The molecule has 1 aromatic carbocycles. The van der Waals surface area contributed by atoms with E-state index in [2.05, 4.69) is 15.2 Å². The molecule has 1 aromatic heterocycles. The second-order valence-corrected chi connectivity index (χ2v) is 6.69. The number of allylic oxidation sites excluding steroid dienone is 2. The Kier molecular flexibility index (Phi) is 6.83. The van der Waals surface area contributed by atoms with E-state index in [0.717, 1.165) is 5.56 Å². The second-order valence-electron chi connectivity index (χ2n) is 6.69. The number of hydrogen-bond donors (Lipinski definition) is 0. The van der Waals surface area contributed by atoms with Gasteiger partial charge in [0.1, 0.15) is 12.5 Å². The van der Waals surface area contributed by atoms with Crippen molar-refractivity contribution >= 4 is 17.3 Å². The number of carbonyl (C=O) groups excluding carboxylic acids is 1. The number of methoxy groups -OCH3 is 3. The number of nitrogens with zero attached hydrogens (tertiary/aromatic N) is 3. The zero-order chi connectivity index (χ0) is 21.7. The van der Waals surface area contributed by atoms with E-state index >= 15 is 0 Å². The summed E-state index contributed by atoms with van der Waals surface area (Å²) >= 11 is 0. The first-order chi connectivity index (χ1) is 14.5. The maximum absolute atomic E-state index is 13.1. The van der Waals surface area contributed by atoms with Gasteiger partial charge in [0, 0.05) is 35.6 Å². The molecule has 2 unspecified atom stereocenters. The number of aliphatic imine (C=N–C) groups is 1. The van der Waals surface area contributed by atoms with Gasteiger partial charge in [0.25, 0.3) is 0 Å². The third-order valence-corrected chi connectivity index (χ3v) is 4.97. The molecule has 3 rings (SSSR count). The van der Waals surface area contributed by atoms with Crippen LogP contribution < -0.4 is 9.47 Å².